The fourth-order valence-corrected chi connectivity index (χ4v) is 2.74. The van der Waals surface area contributed by atoms with Gasteiger partial charge in [0.15, 0.2) is 0 Å². The van der Waals surface area contributed by atoms with E-state index in [1.165, 1.54) is 12.1 Å². The minimum Gasteiger partial charge on any atom is -0.481 e. The molecule has 0 unspecified atom stereocenters. The van der Waals surface area contributed by atoms with Crippen molar-refractivity contribution in [2.24, 2.45) is 11.8 Å². The molecule has 1 aromatic carbocycles. The third-order valence-corrected chi connectivity index (χ3v) is 3.84. The Morgan fingerprint density at radius 3 is 2.24 bits per heavy atom. The second-order valence-corrected chi connectivity index (χ2v) is 5.18. The van der Waals surface area contributed by atoms with Gasteiger partial charge in [-0.15, -0.1) is 0 Å². The third kappa shape index (κ3) is 3.39. The third-order valence-electron chi connectivity index (χ3n) is 3.84. The number of nitrogens with one attached hydrogen (secondary N) is 1. The van der Waals surface area contributed by atoms with Gasteiger partial charge in [-0.05, 0) is 25.0 Å². The number of carbonyl (C=O) groups is 3. The molecule has 0 spiro atoms. The minimum atomic E-state index is -1.13. The summed E-state index contributed by atoms with van der Waals surface area (Å²) < 4.78 is 0. The van der Waals surface area contributed by atoms with Crippen molar-refractivity contribution in [2.75, 3.05) is 5.32 Å². The van der Waals surface area contributed by atoms with Crippen LogP contribution in [0.4, 0.5) is 5.69 Å². The Morgan fingerprint density at radius 2 is 1.62 bits per heavy atom. The number of benzene rings is 1. The Hall–Kier alpha value is -2.37. The van der Waals surface area contributed by atoms with E-state index in [1.54, 1.807) is 12.1 Å². The molecule has 0 radical (unpaired) electrons. The molecule has 1 aromatic rings. The zero-order chi connectivity index (χ0) is 15.4. The lowest BCUT2D eigenvalue weighted by molar-refractivity contribution is -0.147. The summed E-state index contributed by atoms with van der Waals surface area (Å²) in [6.07, 6.45) is 2.60. The second-order valence-electron chi connectivity index (χ2n) is 5.18. The molecule has 3 N–H and O–H groups in total. The van der Waals surface area contributed by atoms with Gasteiger partial charge in [0.2, 0.25) is 5.91 Å². The summed E-state index contributed by atoms with van der Waals surface area (Å²) in [5.41, 5.74) is 0.193. The van der Waals surface area contributed by atoms with Crippen molar-refractivity contribution in [3.63, 3.8) is 0 Å². The SMILES string of the molecule is O=C(O)c1ccccc1NC(=O)[C@@H]1CCCC[C@@H]1C(=O)O. The number of amides is 1. The van der Waals surface area contributed by atoms with Crippen LogP contribution in [0.1, 0.15) is 36.0 Å². The Bertz CT molecular complexity index is 569. The molecule has 21 heavy (non-hydrogen) atoms. The van der Waals surface area contributed by atoms with E-state index >= 15 is 0 Å². The number of carbonyl (C=O) groups excluding carboxylic acids is 1. The molecule has 6 nitrogen and oxygen atoms in total. The Morgan fingerprint density at radius 1 is 1.00 bits per heavy atom. The van der Waals surface area contributed by atoms with Crippen LogP contribution >= 0.6 is 0 Å². The summed E-state index contributed by atoms with van der Waals surface area (Å²) in [6.45, 7) is 0. The Balaban J connectivity index is 2.17. The lowest BCUT2D eigenvalue weighted by Crippen LogP contribution is -2.36. The van der Waals surface area contributed by atoms with Gasteiger partial charge in [0, 0.05) is 0 Å². The van der Waals surface area contributed by atoms with E-state index in [0.29, 0.717) is 12.8 Å². The smallest absolute Gasteiger partial charge is 0.337 e. The van der Waals surface area contributed by atoms with Crippen LogP contribution in [-0.4, -0.2) is 28.1 Å². The molecule has 1 aliphatic carbocycles. The number of anilines is 1. The second kappa shape index (κ2) is 6.39. The van der Waals surface area contributed by atoms with Crippen molar-refractivity contribution in [1.82, 2.24) is 0 Å². The minimum absolute atomic E-state index is 0.00599. The molecule has 1 fully saturated rings. The van der Waals surface area contributed by atoms with Gasteiger partial charge in [-0.25, -0.2) is 4.79 Å². The maximum absolute atomic E-state index is 12.3. The zero-order valence-electron chi connectivity index (χ0n) is 11.4. The van der Waals surface area contributed by atoms with Crippen molar-refractivity contribution >= 4 is 23.5 Å². The van der Waals surface area contributed by atoms with E-state index in [2.05, 4.69) is 5.32 Å². The van der Waals surface area contributed by atoms with E-state index in [4.69, 9.17) is 5.11 Å². The van der Waals surface area contributed by atoms with Gasteiger partial charge in [0.25, 0.3) is 0 Å². The lowest BCUT2D eigenvalue weighted by Gasteiger charge is -2.27. The number of rotatable bonds is 4. The number of para-hydroxylation sites is 1. The van der Waals surface area contributed by atoms with E-state index in [-0.39, 0.29) is 11.3 Å². The van der Waals surface area contributed by atoms with Crippen LogP contribution in [0.3, 0.4) is 0 Å². The van der Waals surface area contributed by atoms with Gasteiger partial charge in [-0.2, -0.15) is 0 Å². The summed E-state index contributed by atoms with van der Waals surface area (Å²) in [5, 5.41) is 20.8. The molecule has 1 amide bonds. The maximum Gasteiger partial charge on any atom is 0.337 e. The highest BCUT2D eigenvalue weighted by Crippen LogP contribution is 2.31. The maximum atomic E-state index is 12.3. The van der Waals surface area contributed by atoms with Gasteiger partial charge in [-0.3, -0.25) is 9.59 Å². The molecule has 0 bridgehead atoms. The topological polar surface area (TPSA) is 104 Å². The molecule has 112 valence electrons. The standard InChI is InChI=1S/C15H17NO5/c17-13(9-5-1-2-6-10(9)14(18)19)16-12-8-4-3-7-11(12)15(20)21/h3-4,7-10H,1-2,5-6H2,(H,16,17)(H,18,19)(H,20,21)/t9-,10+/m1/s1. The van der Waals surface area contributed by atoms with E-state index < -0.39 is 29.7 Å². The summed E-state index contributed by atoms with van der Waals surface area (Å²) in [6, 6.07) is 6.09. The molecule has 6 heteroatoms. The van der Waals surface area contributed by atoms with E-state index in [9.17, 15) is 19.5 Å². The molecule has 1 saturated carbocycles. The highest BCUT2D eigenvalue weighted by atomic mass is 16.4. The summed E-state index contributed by atoms with van der Waals surface area (Å²) in [4.78, 5) is 34.6. The van der Waals surface area contributed by atoms with Crippen LogP contribution in [0, 0.1) is 11.8 Å². The fourth-order valence-electron chi connectivity index (χ4n) is 2.74. The molecule has 0 saturated heterocycles. The average Bonchev–Trinajstić information content (AvgIpc) is 2.47. The van der Waals surface area contributed by atoms with Crippen LogP contribution in [0.15, 0.2) is 24.3 Å². The first-order chi connectivity index (χ1) is 10.0. The summed E-state index contributed by atoms with van der Waals surface area (Å²) in [7, 11) is 0. The van der Waals surface area contributed by atoms with Crippen LogP contribution in [0.5, 0.6) is 0 Å². The largest absolute Gasteiger partial charge is 0.481 e. The van der Waals surface area contributed by atoms with Crippen molar-refractivity contribution in [3.05, 3.63) is 29.8 Å². The first-order valence-corrected chi connectivity index (χ1v) is 6.86. The van der Waals surface area contributed by atoms with E-state index in [1.807, 2.05) is 0 Å². The predicted octanol–water partition coefficient (Wildman–Crippen LogP) is 2.21. The first-order valence-electron chi connectivity index (χ1n) is 6.86. The number of hydrogen-bond donors (Lipinski definition) is 3. The van der Waals surface area contributed by atoms with Gasteiger partial charge in [0.1, 0.15) is 0 Å². The molecular weight excluding hydrogens is 274 g/mol. The average molecular weight is 291 g/mol. The Kier molecular flexibility index (Phi) is 4.57. The van der Waals surface area contributed by atoms with E-state index in [0.717, 1.165) is 12.8 Å². The number of aromatic carboxylic acids is 1. The quantitative estimate of drug-likeness (QED) is 0.789. The van der Waals surface area contributed by atoms with Gasteiger partial charge in [-0.1, -0.05) is 25.0 Å². The number of carboxylic acid groups (broad SMARTS) is 2. The molecular formula is C15H17NO5. The Labute approximate surface area is 121 Å². The lowest BCUT2D eigenvalue weighted by atomic mass is 9.78. The number of aliphatic carboxylic acids is 1. The first kappa shape index (κ1) is 15.0. The molecule has 0 aliphatic heterocycles. The van der Waals surface area contributed by atoms with Crippen molar-refractivity contribution in [3.8, 4) is 0 Å². The summed E-state index contributed by atoms with van der Waals surface area (Å²) in [5.74, 6) is -3.84. The van der Waals surface area contributed by atoms with Gasteiger partial charge in [0.05, 0.1) is 23.1 Å². The molecule has 2 rings (SSSR count). The fraction of sp³-hybridized carbons (Fsp3) is 0.400. The molecule has 2 atom stereocenters. The molecule has 0 aromatic heterocycles. The predicted molar refractivity (Wildman–Crippen MR) is 75.1 cm³/mol. The van der Waals surface area contributed by atoms with Crippen molar-refractivity contribution in [1.29, 1.82) is 0 Å². The van der Waals surface area contributed by atoms with Crippen LogP contribution in [0.25, 0.3) is 0 Å². The molecule has 1 aliphatic rings. The van der Waals surface area contributed by atoms with Crippen molar-refractivity contribution in [2.45, 2.75) is 25.7 Å². The summed E-state index contributed by atoms with van der Waals surface area (Å²) >= 11 is 0. The van der Waals surface area contributed by atoms with Crippen LogP contribution < -0.4 is 5.32 Å². The van der Waals surface area contributed by atoms with Gasteiger partial charge >= 0.3 is 11.9 Å². The van der Waals surface area contributed by atoms with Gasteiger partial charge < -0.3 is 15.5 Å². The number of hydrogen-bond acceptors (Lipinski definition) is 3. The van der Waals surface area contributed by atoms with Crippen molar-refractivity contribution < 1.29 is 24.6 Å². The highest BCUT2D eigenvalue weighted by molar-refractivity contribution is 6.02. The van der Waals surface area contributed by atoms with Crippen LogP contribution in [-0.2, 0) is 9.59 Å². The molecule has 0 heterocycles. The number of carboxylic acids is 2. The normalized spacial score (nSPS) is 21.5. The van der Waals surface area contributed by atoms with Crippen LogP contribution in [0.2, 0.25) is 0 Å². The highest BCUT2D eigenvalue weighted by Gasteiger charge is 2.35. The monoisotopic (exact) mass is 291 g/mol. The zero-order valence-corrected chi connectivity index (χ0v) is 11.4.